The summed E-state index contributed by atoms with van der Waals surface area (Å²) < 4.78 is 0. The van der Waals surface area contributed by atoms with Crippen LogP contribution in [0.3, 0.4) is 0 Å². The summed E-state index contributed by atoms with van der Waals surface area (Å²) in [7, 11) is 0. The van der Waals surface area contributed by atoms with E-state index in [-0.39, 0.29) is 37.1 Å². The first kappa shape index (κ1) is 47.4. The van der Waals surface area contributed by atoms with Crippen molar-refractivity contribution in [2.45, 2.75) is 41.5 Å². The molecule has 10 aromatic carbocycles. The first-order valence-corrected chi connectivity index (χ1v) is 23.2. The molecule has 0 amide bonds. The number of ketones is 1. The van der Waals surface area contributed by atoms with Gasteiger partial charge in [-0.1, -0.05) is 184 Å². The smallest absolute Gasteiger partial charge is 0.164 e. The molecule has 70 heavy (non-hydrogen) atoms. The number of hydrogen-bond donors (Lipinski definition) is 1. The maximum atomic E-state index is 11.5. The number of aliphatic hydroxyl groups excluding tert-OH is 1. The van der Waals surface area contributed by atoms with Crippen molar-refractivity contribution in [3.63, 3.8) is 0 Å². The van der Waals surface area contributed by atoms with E-state index in [9.17, 15) is 9.90 Å². The molecule has 12 rings (SSSR count). The molecule has 1 radical (unpaired) electrons. The van der Waals surface area contributed by atoms with E-state index in [0.29, 0.717) is 0 Å². The van der Waals surface area contributed by atoms with Crippen LogP contribution in [-0.4, -0.2) is 30.8 Å². The molecule has 12 aromatic rings. The second-order valence-electron chi connectivity index (χ2n) is 19.4. The summed E-state index contributed by atoms with van der Waals surface area (Å²) in [6.45, 7) is 11.1. The van der Waals surface area contributed by atoms with Crippen molar-refractivity contribution in [3.05, 3.63) is 206 Å². The molecule has 0 atom stereocenters. The molecule has 2 aromatic heterocycles. The zero-order chi connectivity index (χ0) is 47.9. The predicted octanol–water partition coefficient (Wildman–Crippen LogP) is 16.2. The van der Waals surface area contributed by atoms with Gasteiger partial charge in [-0.15, -0.1) is 59.3 Å². The topological polar surface area (TPSA) is 88.9 Å². The monoisotopic (exact) mass is 1090 g/mol. The van der Waals surface area contributed by atoms with Crippen LogP contribution in [0.2, 0.25) is 0 Å². The van der Waals surface area contributed by atoms with Gasteiger partial charge in [-0.25, -0.2) is 0 Å². The Hall–Kier alpha value is -7.70. The van der Waals surface area contributed by atoms with Gasteiger partial charge in [0.05, 0.1) is 22.4 Å². The molecule has 6 nitrogen and oxygen atoms in total. The Balaban J connectivity index is 0.000000139. The molecule has 0 bridgehead atoms. The van der Waals surface area contributed by atoms with Crippen molar-refractivity contribution < 1.29 is 30.0 Å². The quantitative estimate of drug-likeness (QED) is 0.0821. The third-order valence-electron chi connectivity index (χ3n) is 12.5. The second kappa shape index (κ2) is 19.4. The minimum absolute atomic E-state index is 0. The number of aliphatic hydroxyl groups is 1. The van der Waals surface area contributed by atoms with Crippen molar-refractivity contribution in [1.29, 1.82) is 0 Å². The summed E-state index contributed by atoms with van der Waals surface area (Å²) >= 11 is 0. The van der Waals surface area contributed by atoms with Crippen molar-refractivity contribution >= 4 is 92.5 Å². The summed E-state index contributed by atoms with van der Waals surface area (Å²) in [5.74, 6) is 0.104. The van der Waals surface area contributed by atoms with E-state index < -0.39 is 5.41 Å². The molecule has 0 aliphatic rings. The van der Waals surface area contributed by atoms with E-state index in [1.54, 1.807) is 0 Å². The Bertz CT molecular complexity index is 3680. The normalized spacial score (nSPS) is 11.9. The fourth-order valence-corrected chi connectivity index (χ4v) is 8.62. The Labute approximate surface area is 421 Å². The molecule has 0 fully saturated rings. The number of carbonyl (C=O) groups excluding carboxylic acids is 1. The number of fused-ring (bicyclic) bond motifs is 14. The molecule has 345 valence electrons. The van der Waals surface area contributed by atoms with Gasteiger partial charge in [0, 0.05) is 71.6 Å². The van der Waals surface area contributed by atoms with Crippen LogP contribution >= 0.6 is 0 Å². The van der Waals surface area contributed by atoms with Crippen LogP contribution in [-0.2, 0) is 24.9 Å². The van der Waals surface area contributed by atoms with Crippen LogP contribution in [0.4, 0.5) is 0 Å². The Morgan fingerprint density at radius 2 is 0.843 bits per heavy atom. The Morgan fingerprint density at radius 1 is 0.457 bits per heavy atom. The van der Waals surface area contributed by atoms with E-state index in [1.165, 1.54) is 49.2 Å². The first-order chi connectivity index (χ1) is 33.3. The van der Waals surface area contributed by atoms with E-state index in [2.05, 4.69) is 158 Å². The second-order valence-corrected chi connectivity index (χ2v) is 19.4. The van der Waals surface area contributed by atoms with Gasteiger partial charge in [-0.3, -0.25) is 14.8 Å². The minimum Gasteiger partial charge on any atom is -0.512 e. The largest absolute Gasteiger partial charge is 0.512 e. The number of benzene rings is 10. The van der Waals surface area contributed by atoms with Gasteiger partial charge in [-0.05, 0) is 44.5 Å². The van der Waals surface area contributed by atoms with Crippen LogP contribution in [0.1, 0.15) is 41.5 Å². The first-order valence-electron chi connectivity index (χ1n) is 23.2. The van der Waals surface area contributed by atoms with Crippen molar-refractivity contribution in [2.75, 3.05) is 0 Å². The van der Waals surface area contributed by atoms with Gasteiger partial charge in [0.15, 0.2) is 5.78 Å². The van der Waals surface area contributed by atoms with Gasteiger partial charge < -0.3 is 15.1 Å². The summed E-state index contributed by atoms with van der Waals surface area (Å²) in [6.07, 6.45) is 5.09. The molecule has 0 spiro atoms. The maximum absolute atomic E-state index is 11.5. The molecular weight excluding hydrogens is 1040 g/mol. The molecule has 1 N–H and O–H groups in total. The molecule has 0 aliphatic carbocycles. The van der Waals surface area contributed by atoms with E-state index in [4.69, 9.17) is 19.9 Å². The average molecular weight is 1090 g/mol. The van der Waals surface area contributed by atoms with Crippen LogP contribution in [0.15, 0.2) is 194 Å². The van der Waals surface area contributed by atoms with Crippen molar-refractivity contribution in [3.8, 4) is 22.5 Å². The van der Waals surface area contributed by atoms with Gasteiger partial charge in [0.1, 0.15) is 5.76 Å². The standard InChI is InChI=1S/2C26H15N2.C11H20O2.Ir/c2*1-2-8-18-15-19(14-13-17(18)7-1)24-16-27-25-22-11-5-3-9-20(22)21-10-4-6-12-23(21)26(25)28-24;1-10(2,3)8(12)7-9(13)11(4,5)6;/h2*1-10,12-16H;7,12H,1-6H3;/q2*-1;;/b;;8-7-;. The number of rotatable bonds is 3. The van der Waals surface area contributed by atoms with Crippen LogP contribution < -0.4 is 0 Å². The third kappa shape index (κ3) is 9.39. The van der Waals surface area contributed by atoms with Crippen LogP contribution in [0, 0.1) is 23.0 Å². The van der Waals surface area contributed by atoms with E-state index in [1.807, 2.05) is 78.2 Å². The fourth-order valence-electron chi connectivity index (χ4n) is 8.62. The Morgan fingerprint density at radius 3 is 1.26 bits per heavy atom. The van der Waals surface area contributed by atoms with E-state index in [0.717, 1.165) is 66.1 Å². The zero-order valence-electron chi connectivity index (χ0n) is 39.9. The van der Waals surface area contributed by atoms with Crippen LogP contribution in [0.25, 0.3) is 109 Å². The molecule has 0 unspecified atom stereocenters. The summed E-state index contributed by atoms with van der Waals surface area (Å²) in [4.78, 5) is 31.2. The van der Waals surface area contributed by atoms with Gasteiger partial charge in [-0.2, -0.15) is 0 Å². The molecule has 0 saturated heterocycles. The van der Waals surface area contributed by atoms with Gasteiger partial charge in [0.2, 0.25) is 0 Å². The molecular formula is C63H50IrN4O2-2. The fraction of sp³-hybridized carbons (Fsp3) is 0.127. The SMILES string of the molecule is CC(C)(C)C(=O)/C=C(\O)C(C)(C)C.[Ir].[c-]1cccc2c1c1ncc(-c3ccc4ccccc4c3)nc1c1ccccc21.[c-]1cccc2c1c1ncc(-c3ccc4ccccc4c3)nc1c1ccccc21. The summed E-state index contributed by atoms with van der Waals surface area (Å²) in [5, 5.41) is 23.4. The van der Waals surface area contributed by atoms with Crippen molar-refractivity contribution in [2.24, 2.45) is 10.8 Å². The Kier molecular flexibility index (Phi) is 13.1. The predicted molar refractivity (Wildman–Crippen MR) is 287 cm³/mol. The minimum atomic E-state index is -0.417. The zero-order valence-corrected chi connectivity index (χ0v) is 42.3. The van der Waals surface area contributed by atoms with Gasteiger partial charge in [0.25, 0.3) is 0 Å². The number of carbonyl (C=O) groups is 1. The molecule has 7 heteroatoms. The number of nitrogens with zero attached hydrogens (tertiary/aromatic N) is 4. The summed E-state index contributed by atoms with van der Waals surface area (Å²) in [6, 6.07) is 65.4. The van der Waals surface area contributed by atoms with Crippen LogP contribution in [0.5, 0.6) is 0 Å². The summed E-state index contributed by atoms with van der Waals surface area (Å²) in [5.41, 5.74) is 6.83. The number of hydrogen-bond acceptors (Lipinski definition) is 6. The number of allylic oxidation sites excluding steroid dienone is 2. The maximum Gasteiger partial charge on any atom is 0.164 e. The molecule has 0 saturated carbocycles. The third-order valence-corrected chi connectivity index (χ3v) is 12.5. The van der Waals surface area contributed by atoms with E-state index >= 15 is 0 Å². The van der Waals surface area contributed by atoms with Crippen molar-refractivity contribution in [1.82, 2.24) is 19.9 Å². The average Bonchev–Trinajstić information content (AvgIpc) is 3.38. The molecule has 2 heterocycles. The van der Waals surface area contributed by atoms with Gasteiger partial charge >= 0.3 is 0 Å². The molecule has 0 aliphatic heterocycles. The number of aromatic nitrogens is 4.